The minimum Gasteiger partial charge on any atom is -0.313 e. The Kier molecular flexibility index (Phi) is 7.06. The van der Waals surface area contributed by atoms with Gasteiger partial charge in [-0.1, -0.05) is 27.2 Å². The fourth-order valence-corrected chi connectivity index (χ4v) is 2.44. The van der Waals surface area contributed by atoms with Gasteiger partial charge in [0.2, 0.25) is 0 Å². The van der Waals surface area contributed by atoms with Gasteiger partial charge in [-0.3, -0.25) is 0 Å². The molecule has 1 aliphatic rings. The van der Waals surface area contributed by atoms with Gasteiger partial charge in [-0.05, 0) is 51.2 Å². The van der Waals surface area contributed by atoms with Crippen LogP contribution in [-0.2, 0) is 0 Å². The summed E-state index contributed by atoms with van der Waals surface area (Å²) in [5.74, 6) is 0.832. The molecule has 0 aromatic heterocycles. The first-order valence-electron chi connectivity index (χ1n) is 7.18. The van der Waals surface area contributed by atoms with E-state index in [4.69, 9.17) is 0 Å². The molecule has 1 rings (SSSR count). The molecule has 2 heteroatoms. The Morgan fingerprint density at radius 3 is 2.62 bits per heavy atom. The van der Waals surface area contributed by atoms with E-state index in [-0.39, 0.29) is 0 Å². The van der Waals surface area contributed by atoms with Gasteiger partial charge in [0.05, 0.1) is 0 Å². The maximum Gasteiger partial charge on any atom is 0.0195 e. The molecule has 96 valence electrons. The molecule has 0 aliphatic carbocycles. The van der Waals surface area contributed by atoms with Gasteiger partial charge in [-0.25, -0.2) is 0 Å². The lowest BCUT2D eigenvalue weighted by Gasteiger charge is -2.30. The van der Waals surface area contributed by atoms with Crippen molar-refractivity contribution in [3.05, 3.63) is 0 Å². The third kappa shape index (κ3) is 5.86. The highest BCUT2D eigenvalue weighted by Crippen LogP contribution is 2.10. The van der Waals surface area contributed by atoms with Crippen molar-refractivity contribution >= 4 is 0 Å². The molecule has 16 heavy (non-hydrogen) atoms. The van der Waals surface area contributed by atoms with Crippen LogP contribution >= 0.6 is 0 Å². The largest absolute Gasteiger partial charge is 0.313 e. The number of hydrogen-bond acceptors (Lipinski definition) is 2. The summed E-state index contributed by atoms with van der Waals surface area (Å²) in [4.78, 5) is 2.66. The molecule has 0 saturated carbocycles. The number of rotatable bonds is 7. The monoisotopic (exact) mass is 226 g/mol. The first kappa shape index (κ1) is 14.0. The summed E-state index contributed by atoms with van der Waals surface area (Å²) in [6.45, 7) is 12.0. The third-order valence-corrected chi connectivity index (χ3v) is 3.45. The van der Waals surface area contributed by atoms with E-state index in [1.165, 1.54) is 58.3 Å². The molecule has 1 heterocycles. The molecule has 1 fully saturated rings. The fourth-order valence-electron chi connectivity index (χ4n) is 2.44. The SMILES string of the molecule is CCCN(CCC(C)C)CC1CCCCN1. The summed E-state index contributed by atoms with van der Waals surface area (Å²) < 4.78 is 0. The average Bonchev–Trinajstić information content (AvgIpc) is 2.27. The van der Waals surface area contributed by atoms with Crippen molar-refractivity contribution in [2.45, 2.75) is 58.9 Å². The molecule has 1 aliphatic heterocycles. The van der Waals surface area contributed by atoms with Gasteiger partial charge in [0, 0.05) is 12.6 Å². The Hall–Kier alpha value is -0.0800. The topological polar surface area (TPSA) is 15.3 Å². The van der Waals surface area contributed by atoms with Gasteiger partial charge in [0.15, 0.2) is 0 Å². The standard InChI is InChI=1S/C14H30N2/c1-4-10-16(11-8-13(2)3)12-14-7-5-6-9-15-14/h13-15H,4-12H2,1-3H3. The van der Waals surface area contributed by atoms with Crippen molar-refractivity contribution in [3.8, 4) is 0 Å². The highest BCUT2D eigenvalue weighted by atomic mass is 15.1. The summed E-state index contributed by atoms with van der Waals surface area (Å²) in [7, 11) is 0. The minimum absolute atomic E-state index is 0.757. The van der Waals surface area contributed by atoms with Crippen molar-refractivity contribution < 1.29 is 0 Å². The summed E-state index contributed by atoms with van der Waals surface area (Å²) in [5.41, 5.74) is 0. The second-order valence-corrected chi connectivity index (χ2v) is 5.63. The van der Waals surface area contributed by atoms with Crippen LogP contribution in [0.2, 0.25) is 0 Å². The van der Waals surface area contributed by atoms with Gasteiger partial charge in [0.1, 0.15) is 0 Å². The van der Waals surface area contributed by atoms with E-state index in [9.17, 15) is 0 Å². The predicted molar refractivity (Wildman–Crippen MR) is 71.8 cm³/mol. The summed E-state index contributed by atoms with van der Waals surface area (Å²) >= 11 is 0. The van der Waals surface area contributed by atoms with Crippen LogP contribution in [0.4, 0.5) is 0 Å². The van der Waals surface area contributed by atoms with E-state index in [0.717, 1.165) is 12.0 Å². The first-order valence-corrected chi connectivity index (χ1v) is 7.18. The van der Waals surface area contributed by atoms with Crippen LogP contribution < -0.4 is 5.32 Å². The van der Waals surface area contributed by atoms with Gasteiger partial charge >= 0.3 is 0 Å². The normalized spacial score (nSPS) is 21.9. The predicted octanol–water partition coefficient (Wildman–Crippen LogP) is 2.89. The Morgan fingerprint density at radius 1 is 1.25 bits per heavy atom. The lowest BCUT2D eigenvalue weighted by Crippen LogP contribution is -2.44. The van der Waals surface area contributed by atoms with Crippen molar-refractivity contribution in [3.63, 3.8) is 0 Å². The molecule has 0 spiro atoms. The summed E-state index contributed by atoms with van der Waals surface area (Å²) in [6, 6.07) is 0.757. The second-order valence-electron chi connectivity index (χ2n) is 5.63. The zero-order chi connectivity index (χ0) is 11.8. The van der Waals surface area contributed by atoms with Gasteiger partial charge in [-0.2, -0.15) is 0 Å². The molecule has 0 radical (unpaired) electrons. The smallest absolute Gasteiger partial charge is 0.0195 e. The van der Waals surface area contributed by atoms with Crippen LogP contribution in [0.15, 0.2) is 0 Å². The Bertz CT molecular complexity index is 162. The number of piperidine rings is 1. The molecular weight excluding hydrogens is 196 g/mol. The van der Waals surface area contributed by atoms with Crippen molar-refractivity contribution in [1.82, 2.24) is 10.2 Å². The average molecular weight is 226 g/mol. The van der Waals surface area contributed by atoms with Crippen molar-refractivity contribution in [2.24, 2.45) is 5.92 Å². The summed E-state index contributed by atoms with van der Waals surface area (Å²) in [5, 5.41) is 3.65. The van der Waals surface area contributed by atoms with Crippen LogP contribution in [0, 0.1) is 5.92 Å². The molecule has 0 bridgehead atoms. The highest BCUT2D eigenvalue weighted by molar-refractivity contribution is 4.76. The molecule has 1 N–H and O–H groups in total. The quantitative estimate of drug-likeness (QED) is 0.718. The third-order valence-electron chi connectivity index (χ3n) is 3.45. The van der Waals surface area contributed by atoms with Crippen LogP contribution in [0.1, 0.15) is 52.9 Å². The lowest BCUT2D eigenvalue weighted by atomic mass is 10.0. The Balaban J connectivity index is 2.25. The van der Waals surface area contributed by atoms with Crippen LogP contribution in [0.25, 0.3) is 0 Å². The van der Waals surface area contributed by atoms with Crippen molar-refractivity contribution in [2.75, 3.05) is 26.2 Å². The molecule has 1 unspecified atom stereocenters. The van der Waals surface area contributed by atoms with E-state index in [0.29, 0.717) is 0 Å². The van der Waals surface area contributed by atoms with Crippen molar-refractivity contribution in [1.29, 1.82) is 0 Å². The van der Waals surface area contributed by atoms with E-state index < -0.39 is 0 Å². The Morgan fingerprint density at radius 2 is 2.06 bits per heavy atom. The zero-order valence-electron chi connectivity index (χ0n) is 11.5. The molecule has 0 amide bonds. The second kappa shape index (κ2) is 8.08. The first-order chi connectivity index (χ1) is 7.72. The van der Waals surface area contributed by atoms with Crippen LogP contribution in [0.3, 0.4) is 0 Å². The minimum atomic E-state index is 0.757. The van der Waals surface area contributed by atoms with Gasteiger partial charge in [0.25, 0.3) is 0 Å². The van der Waals surface area contributed by atoms with Gasteiger partial charge in [-0.15, -0.1) is 0 Å². The highest BCUT2D eigenvalue weighted by Gasteiger charge is 2.16. The molecular formula is C14H30N2. The van der Waals surface area contributed by atoms with E-state index in [1.54, 1.807) is 0 Å². The van der Waals surface area contributed by atoms with E-state index in [2.05, 4.69) is 31.0 Å². The van der Waals surface area contributed by atoms with Crippen LogP contribution in [-0.4, -0.2) is 37.1 Å². The lowest BCUT2D eigenvalue weighted by molar-refractivity contribution is 0.214. The Labute approximate surface area is 102 Å². The van der Waals surface area contributed by atoms with E-state index in [1.807, 2.05) is 0 Å². The molecule has 1 atom stereocenters. The van der Waals surface area contributed by atoms with Gasteiger partial charge < -0.3 is 10.2 Å². The number of hydrogen-bond donors (Lipinski definition) is 1. The number of nitrogens with one attached hydrogen (secondary N) is 1. The maximum atomic E-state index is 3.65. The molecule has 0 aromatic rings. The molecule has 2 nitrogen and oxygen atoms in total. The fraction of sp³-hybridized carbons (Fsp3) is 1.00. The van der Waals surface area contributed by atoms with Crippen LogP contribution in [0.5, 0.6) is 0 Å². The summed E-state index contributed by atoms with van der Waals surface area (Å²) in [6.07, 6.45) is 6.79. The van der Waals surface area contributed by atoms with E-state index >= 15 is 0 Å². The maximum absolute atomic E-state index is 3.65. The molecule has 1 saturated heterocycles. The zero-order valence-corrected chi connectivity index (χ0v) is 11.5. The number of nitrogens with zero attached hydrogens (tertiary/aromatic N) is 1. The molecule has 0 aromatic carbocycles.